The predicted molar refractivity (Wildman–Crippen MR) is 71.9 cm³/mol. The molecule has 1 aromatic heterocycles. The fourth-order valence-corrected chi connectivity index (χ4v) is 2.94. The number of halogens is 1. The lowest BCUT2D eigenvalue weighted by molar-refractivity contribution is -0.118. The maximum Gasteiger partial charge on any atom is 0.342 e. The molecular weight excluding hydrogens is 306 g/mol. The second-order valence-corrected chi connectivity index (χ2v) is 6.18. The topological polar surface area (TPSA) is 104 Å². The third kappa shape index (κ3) is 2.61. The number of imidazole rings is 1. The van der Waals surface area contributed by atoms with Gasteiger partial charge in [-0.25, -0.2) is 13.2 Å². The average Bonchev–Trinajstić information content (AvgIpc) is 2.71. The number of carbonyl (C=O) groups excluding carboxylic acids is 1. The van der Waals surface area contributed by atoms with Gasteiger partial charge in [-0.15, -0.1) is 0 Å². The summed E-state index contributed by atoms with van der Waals surface area (Å²) in [6.07, 6.45) is 2.25. The van der Waals surface area contributed by atoms with Gasteiger partial charge in [-0.3, -0.25) is 9.36 Å². The van der Waals surface area contributed by atoms with E-state index in [4.69, 9.17) is 17.3 Å². The van der Waals surface area contributed by atoms with Gasteiger partial charge in [-0.05, 0) is 24.3 Å². The van der Waals surface area contributed by atoms with Crippen LogP contribution in [0.3, 0.4) is 0 Å². The Morgan fingerprint density at radius 1 is 1.20 bits per heavy atom. The number of aromatic nitrogens is 2. The van der Waals surface area contributed by atoms with Crippen LogP contribution in [0.25, 0.3) is 0 Å². The van der Waals surface area contributed by atoms with Crippen LogP contribution in [-0.4, -0.2) is 22.9 Å². The Labute approximate surface area is 119 Å². The summed E-state index contributed by atoms with van der Waals surface area (Å²) in [6, 6.07) is 5.38. The van der Waals surface area contributed by atoms with Gasteiger partial charge in [0.1, 0.15) is 6.54 Å². The van der Waals surface area contributed by atoms with Gasteiger partial charge in [0.25, 0.3) is 10.0 Å². The third-order valence-electron chi connectivity index (χ3n) is 2.51. The molecule has 2 N–H and O–H groups in total. The Morgan fingerprint density at radius 2 is 1.80 bits per heavy atom. The van der Waals surface area contributed by atoms with Crippen molar-refractivity contribution in [1.82, 2.24) is 8.54 Å². The first-order valence-corrected chi connectivity index (χ1v) is 7.21. The Kier molecular flexibility index (Phi) is 3.69. The molecule has 1 amide bonds. The summed E-state index contributed by atoms with van der Waals surface area (Å²) < 4.78 is 26.0. The normalized spacial score (nSPS) is 11.4. The maximum absolute atomic E-state index is 12.3. The number of nitrogens with zero attached hydrogens (tertiary/aromatic N) is 2. The quantitative estimate of drug-likeness (QED) is 0.859. The van der Waals surface area contributed by atoms with Crippen molar-refractivity contribution in [3.05, 3.63) is 52.2 Å². The molecule has 106 valence electrons. The lowest BCUT2D eigenvalue weighted by Crippen LogP contribution is -2.32. The lowest BCUT2D eigenvalue weighted by Gasteiger charge is -2.04. The number of primary amides is 1. The molecular formula is C11H10ClN3O4S. The number of carbonyl (C=O) groups is 1. The number of amides is 1. The molecule has 7 nitrogen and oxygen atoms in total. The molecule has 0 aliphatic heterocycles. The third-order valence-corrected chi connectivity index (χ3v) is 4.43. The van der Waals surface area contributed by atoms with Gasteiger partial charge >= 0.3 is 5.69 Å². The molecule has 9 heteroatoms. The van der Waals surface area contributed by atoms with Crippen LogP contribution in [0.2, 0.25) is 5.02 Å². The summed E-state index contributed by atoms with van der Waals surface area (Å²) in [4.78, 5) is 22.6. The number of hydrogen-bond acceptors (Lipinski definition) is 4. The summed E-state index contributed by atoms with van der Waals surface area (Å²) in [5.41, 5.74) is 4.11. The average molecular weight is 316 g/mol. The zero-order chi connectivity index (χ0) is 14.9. The molecule has 0 fully saturated rings. The van der Waals surface area contributed by atoms with Gasteiger partial charge in [0, 0.05) is 17.4 Å². The molecule has 0 bridgehead atoms. The number of rotatable bonds is 4. The van der Waals surface area contributed by atoms with Gasteiger partial charge in [0.05, 0.1) is 4.90 Å². The summed E-state index contributed by atoms with van der Waals surface area (Å²) in [6.45, 7) is -0.387. The van der Waals surface area contributed by atoms with E-state index in [0.717, 1.165) is 10.8 Å². The lowest BCUT2D eigenvalue weighted by atomic mass is 10.4. The Bertz CT molecular complexity index is 805. The second-order valence-electron chi connectivity index (χ2n) is 3.93. The van der Waals surface area contributed by atoms with E-state index in [-0.39, 0.29) is 11.4 Å². The Hall–Kier alpha value is -2.06. The van der Waals surface area contributed by atoms with Gasteiger partial charge in [0.2, 0.25) is 5.91 Å². The molecule has 1 heterocycles. The minimum atomic E-state index is -4.03. The van der Waals surface area contributed by atoms with Crippen molar-refractivity contribution in [2.75, 3.05) is 0 Å². The number of hydrogen-bond donors (Lipinski definition) is 1. The standard InChI is InChI=1S/C11H10ClN3O4S/c12-8-1-3-9(4-2-8)20(18,19)15-6-5-14(11(15)17)7-10(13)16/h1-6H,7H2,(H2,13,16). The molecule has 2 rings (SSSR count). The molecule has 0 atom stereocenters. The Balaban J connectivity index is 2.50. The smallest absolute Gasteiger partial charge is 0.342 e. The molecule has 0 aliphatic carbocycles. The van der Waals surface area contributed by atoms with Gasteiger partial charge in [-0.2, -0.15) is 3.97 Å². The van der Waals surface area contributed by atoms with Crippen molar-refractivity contribution < 1.29 is 13.2 Å². The Morgan fingerprint density at radius 3 is 2.35 bits per heavy atom. The molecule has 0 unspecified atom stereocenters. The first-order chi connectivity index (χ1) is 9.32. The van der Waals surface area contributed by atoms with Crippen molar-refractivity contribution in [1.29, 1.82) is 0 Å². The monoisotopic (exact) mass is 315 g/mol. The summed E-state index contributed by atoms with van der Waals surface area (Å²) in [7, 11) is -4.03. The van der Waals surface area contributed by atoms with Crippen LogP contribution >= 0.6 is 11.6 Å². The van der Waals surface area contributed by atoms with Crippen LogP contribution in [0.5, 0.6) is 0 Å². The van der Waals surface area contributed by atoms with E-state index in [0.29, 0.717) is 9.00 Å². The highest BCUT2D eigenvalue weighted by Crippen LogP contribution is 2.15. The van der Waals surface area contributed by atoms with E-state index in [9.17, 15) is 18.0 Å². The highest BCUT2D eigenvalue weighted by Gasteiger charge is 2.20. The summed E-state index contributed by atoms with van der Waals surface area (Å²) >= 11 is 5.68. The fourth-order valence-electron chi connectivity index (χ4n) is 1.59. The van der Waals surface area contributed by atoms with Gasteiger partial charge in [0.15, 0.2) is 0 Å². The minimum absolute atomic E-state index is 0.0826. The zero-order valence-corrected chi connectivity index (χ0v) is 11.6. The van der Waals surface area contributed by atoms with E-state index in [1.807, 2.05) is 0 Å². The minimum Gasteiger partial charge on any atom is -0.368 e. The summed E-state index contributed by atoms with van der Waals surface area (Å²) in [5, 5.41) is 0.377. The van der Waals surface area contributed by atoms with Crippen molar-refractivity contribution >= 4 is 27.5 Å². The van der Waals surface area contributed by atoms with Gasteiger partial charge in [-0.1, -0.05) is 11.6 Å². The zero-order valence-electron chi connectivity index (χ0n) is 10.1. The molecule has 1 aromatic carbocycles. The maximum atomic E-state index is 12.3. The largest absolute Gasteiger partial charge is 0.368 e. The van der Waals surface area contributed by atoms with E-state index < -0.39 is 21.6 Å². The van der Waals surface area contributed by atoms with Crippen molar-refractivity contribution in [2.45, 2.75) is 11.4 Å². The fraction of sp³-hybridized carbons (Fsp3) is 0.0909. The predicted octanol–water partition coefficient (Wildman–Crippen LogP) is 0.0255. The molecule has 0 spiro atoms. The number of benzene rings is 1. The van der Waals surface area contributed by atoms with Crippen LogP contribution in [0, 0.1) is 0 Å². The highest BCUT2D eigenvalue weighted by atomic mass is 35.5. The molecule has 2 aromatic rings. The van der Waals surface area contributed by atoms with Crippen LogP contribution < -0.4 is 11.4 Å². The van der Waals surface area contributed by atoms with Crippen molar-refractivity contribution in [3.8, 4) is 0 Å². The number of nitrogens with two attached hydrogens (primary N) is 1. The second kappa shape index (κ2) is 5.14. The van der Waals surface area contributed by atoms with E-state index >= 15 is 0 Å². The van der Waals surface area contributed by atoms with Crippen LogP contribution in [0.4, 0.5) is 0 Å². The molecule has 0 saturated carbocycles. The summed E-state index contributed by atoms with van der Waals surface area (Å²) in [5.74, 6) is -0.742. The van der Waals surface area contributed by atoms with Crippen LogP contribution in [0.1, 0.15) is 0 Å². The first kappa shape index (κ1) is 14.4. The van der Waals surface area contributed by atoms with E-state index in [1.165, 1.54) is 30.5 Å². The van der Waals surface area contributed by atoms with Crippen LogP contribution in [0.15, 0.2) is 46.3 Å². The molecule has 0 radical (unpaired) electrons. The van der Waals surface area contributed by atoms with Gasteiger partial charge < -0.3 is 5.73 Å². The van der Waals surface area contributed by atoms with Crippen molar-refractivity contribution in [3.63, 3.8) is 0 Å². The first-order valence-electron chi connectivity index (χ1n) is 5.39. The van der Waals surface area contributed by atoms with Crippen molar-refractivity contribution in [2.24, 2.45) is 5.73 Å². The molecule has 0 saturated heterocycles. The van der Waals surface area contributed by atoms with Crippen LogP contribution in [-0.2, 0) is 21.4 Å². The van der Waals surface area contributed by atoms with E-state index in [2.05, 4.69) is 0 Å². The highest BCUT2D eigenvalue weighted by molar-refractivity contribution is 7.90. The van der Waals surface area contributed by atoms with E-state index in [1.54, 1.807) is 0 Å². The SMILES string of the molecule is NC(=O)Cn1ccn(S(=O)(=O)c2ccc(Cl)cc2)c1=O. The molecule has 0 aliphatic rings. The molecule has 20 heavy (non-hydrogen) atoms.